The molecule has 1 atom stereocenters. The third-order valence-electron chi connectivity index (χ3n) is 6.41. The zero-order valence-electron chi connectivity index (χ0n) is 22.6. The Balaban J connectivity index is 2.09. The van der Waals surface area contributed by atoms with E-state index in [-0.39, 0.29) is 39.5 Å². The quantitative estimate of drug-likeness (QED) is 0.197. The molecule has 3 aromatic carbocycles. The lowest BCUT2D eigenvalue weighted by molar-refractivity contribution is -0.140. The van der Waals surface area contributed by atoms with Gasteiger partial charge in [0.05, 0.1) is 20.6 Å². The summed E-state index contributed by atoms with van der Waals surface area (Å²) in [6.45, 7) is 3.48. The second-order valence-corrected chi connectivity index (χ2v) is 12.7. The van der Waals surface area contributed by atoms with Crippen LogP contribution in [0, 0.1) is 0 Å². The molecule has 0 aliphatic rings. The molecule has 0 unspecified atom stereocenters. The predicted octanol–water partition coefficient (Wildman–Crippen LogP) is 7.22. The zero-order chi connectivity index (χ0) is 30.2. The van der Waals surface area contributed by atoms with Crippen LogP contribution < -0.4 is 9.62 Å². The summed E-state index contributed by atoms with van der Waals surface area (Å²) in [6, 6.07) is 16.0. The monoisotopic (exact) mass is 657 g/mol. The fraction of sp³-hybridized carbons (Fsp3) is 0.310. The number of amides is 2. The van der Waals surface area contributed by atoms with Crippen LogP contribution >= 0.6 is 46.4 Å². The first-order valence-corrected chi connectivity index (χ1v) is 16.0. The zero-order valence-corrected chi connectivity index (χ0v) is 26.5. The third-order valence-corrected chi connectivity index (χ3v) is 9.64. The number of sulfonamides is 1. The van der Waals surface area contributed by atoms with Gasteiger partial charge < -0.3 is 10.2 Å². The van der Waals surface area contributed by atoms with Crippen molar-refractivity contribution in [3.63, 3.8) is 0 Å². The number of rotatable bonds is 13. The molecule has 3 rings (SSSR count). The highest BCUT2D eigenvalue weighted by atomic mass is 35.5. The fourth-order valence-electron chi connectivity index (χ4n) is 4.17. The van der Waals surface area contributed by atoms with Crippen molar-refractivity contribution in [2.75, 3.05) is 17.4 Å². The molecule has 0 heterocycles. The van der Waals surface area contributed by atoms with E-state index in [2.05, 4.69) is 5.32 Å². The Bertz CT molecular complexity index is 1450. The highest BCUT2D eigenvalue weighted by Crippen LogP contribution is 2.32. The van der Waals surface area contributed by atoms with Gasteiger partial charge in [0, 0.05) is 28.7 Å². The van der Waals surface area contributed by atoms with Crippen LogP contribution in [0.1, 0.15) is 38.7 Å². The maximum Gasteiger partial charge on any atom is 0.264 e. The highest BCUT2D eigenvalue weighted by Gasteiger charge is 2.34. The van der Waals surface area contributed by atoms with Crippen LogP contribution in [0.2, 0.25) is 20.1 Å². The number of hydrogen-bond donors (Lipinski definition) is 1. The SMILES string of the molecule is CCCCNC(=O)[C@H](CC)N(Cc1c(Cl)cccc1Cl)C(=O)CN(c1ccc(Cl)c(Cl)c1)S(=O)(=O)c1ccccc1. The molecule has 0 aliphatic heterocycles. The molecular formula is C29H31Cl4N3O4S. The van der Waals surface area contributed by atoms with Crippen molar-refractivity contribution in [3.05, 3.63) is 92.4 Å². The lowest BCUT2D eigenvalue weighted by atomic mass is 10.1. The fourth-order valence-corrected chi connectivity index (χ4v) is 6.40. The molecule has 0 aromatic heterocycles. The van der Waals surface area contributed by atoms with E-state index in [0.717, 1.165) is 17.1 Å². The minimum atomic E-state index is -4.24. The Kier molecular flexibility index (Phi) is 12.2. The number of hydrogen-bond acceptors (Lipinski definition) is 4. The standard InChI is InChI=1S/C29H31Cl4N3O4S/c1-3-5-16-34-29(38)27(4-2)35(18-22-23(30)12-9-13-24(22)31)28(37)19-36(20-14-15-25(32)26(33)17-20)41(39,40)21-10-7-6-8-11-21/h6-15,17,27H,3-5,16,18-19H2,1-2H3,(H,34,38)/t27-/m0/s1. The number of nitrogens with zero attached hydrogens (tertiary/aromatic N) is 2. The van der Waals surface area contributed by atoms with Gasteiger partial charge in [-0.15, -0.1) is 0 Å². The van der Waals surface area contributed by atoms with E-state index in [9.17, 15) is 18.0 Å². The Morgan fingerprint density at radius 2 is 1.51 bits per heavy atom. The van der Waals surface area contributed by atoms with E-state index in [1.165, 1.54) is 35.2 Å². The summed E-state index contributed by atoms with van der Waals surface area (Å²) in [4.78, 5) is 28.7. The van der Waals surface area contributed by atoms with Crippen molar-refractivity contribution in [2.24, 2.45) is 0 Å². The molecule has 2 amide bonds. The number of carbonyl (C=O) groups excluding carboxylic acids is 2. The number of carbonyl (C=O) groups is 2. The van der Waals surface area contributed by atoms with Crippen LogP contribution in [0.3, 0.4) is 0 Å². The van der Waals surface area contributed by atoms with E-state index < -0.39 is 28.5 Å². The van der Waals surface area contributed by atoms with E-state index in [0.29, 0.717) is 22.2 Å². The van der Waals surface area contributed by atoms with Crippen molar-refractivity contribution in [1.82, 2.24) is 10.2 Å². The number of anilines is 1. The van der Waals surface area contributed by atoms with E-state index >= 15 is 0 Å². The van der Waals surface area contributed by atoms with Crippen LogP contribution in [0.4, 0.5) is 5.69 Å². The summed E-state index contributed by atoms with van der Waals surface area (Å²) in [7, 11) is -4.24. The molecule has 220 valence electrons. The number of nitrogens with one attached hydrogen (secondary N) is 1. The van der Waals surface area contributed by atoms with Gasteiger partial charge in [-0.2, -0.15) is 0 Å². The van der Waals surface area contributed by atoms with E-state index in [1.807, 2.05) is 6.92 Å². The Labute approximate surface area is 261 Å². The van der Waals surface area contributed by atoms with E-state index in [1.54, 1.807) is 43.3 Å². The van der Waals surface area contributed by atoms with Gasteiger partial charge in [0.1, 0.15) is 12.6 Å². The average molecular weight is 659 g/mol. The largest absolute Gasteiger partial charge is 0.354 e. The van der Waals surface area contributed by atoms with Crippen molar-refractivity contribution < 1.29 is 18.0 Å². The van der Waals surface area contributed by atoms with Crippen LogP contribution in [-0.2, 0) is 26.2 Å². The van der Waals surface area contributed by atoms with Gasteiger partial charge in [-0.3, -0.25) is 13.9 Å². The van der Waals surface area contributed by atoms with Gasteiger partial charge in [-0.25, -0.2) is 8.42 Å². The van der Waals surface area contributed by atoms with Gasteiger partial charge in [0.2, 0.25) is 11.8 Å². The minimum Gasteiger partial charge on any atom is -0.354 e. The summed E-state index contributed by atoms with van der Waals surface area (Å²) in [5.41, 5.74) is 0.573. The third kappa shape index (κ3) is 8.30. The van der Waals surface area contributed by atoms with Crippen LogP contribution in [0.5, 0.6) is 0 Å². The van der Waals surface area contributed by atoms with Crippen LogP contribution in [0.15, 0.2) is 71.6 Å². The lowest BCUT2D eigenvalue weighted by Gasteiger charge is -2.33. The van der Waals surface area contributed by atoms with Crippen molar-refractivity contribution >= 4 is 73.9 Å². The summed E-state index contributed by atoms with van der Waals surface area (Å²) in [5, 5.41) is 3.85. The van der Waals surface area contributed by atoms with Crippen LogP contribution in [0.25, 0.3) is 0 Å². The molecule has 1 N–H and O–H groups in total. The summed E-state index contributed by atoms with van der Waals surface area (Å²) in [6.07, 6.45) is 1.92. The molecule has 0 saturated heterocycles. The Hall–Kier alpha value is -2.49. The summed E-state index contributed by atoms with van der Waals surface area (Å²) < 4.78 is 28.7. The topological polar surface area (TPSA) is 86.8 Å². The van der Waals surface area contributed by atoms with E-state index in [4.69, 9.17) is 46.4 Å². The molecule has 0 spiro atoms. The predicted molar refractivity (Wildman–Crippen MR) is 166 cm³/mol. The molecule has 0 fully saturated rings. The first-order valence-electron chi connectivity index (χ1n) is 13.0. The van der Waals surface area contributed by atoms with Gasteiger partial charge in [0.25, 0.3) is 10.0 Å². The van der Waals surface area contributed by atoms with Gasteiger partial charge >= 0.3 is 0 Å². The first kappa shape index (κ1) is 33.0. The molecule has 0 saturated carbocycles. The molecule has 0 bridgehead atoms. The maximum atomic E-state index is 14.1. The lowest BCUT2D eigenvalue weighted by Crippen LogP contribution is -2.52. The first-order chi connectivity index (χ1) is 19.5. The van der Waals surface area contributed by atoms with Crippen molar-refractivity contribution in [2.45, 2.75) is 50.6 Å². The highest BCUT2D eigenvalue weighted by molar-refractivity contribution is 7.92. The minimum absolute atomic E-state index is 0.0241. The normalized spacial score (nSPS) is 12.0. The molecule has 12 heteroatoms. The maximum absolute atomic E-state index is 14.1. The smallest absolute Gasteiger partial charge is 0.264 e. The second kappa shape index (κ2) is 15.1. The molecule has 0 aliphatic carbocycles. The van der Waals surface area contributed by atoms with Gasteiger partial charge in [0.15, 0.2) is 0 Å². The number of unbranched alkanes of at least 4 members (excludes halogenated alkanes) is 1. The Morgan fingerprint density at radius 1 is 0.854 bits per heavy atom. The van der Waals surface area contributed by atoms with Crippen molar-refractivity contribution in [3.8, 4) is 0 Å². The molecular weight excluding hydrogens is 628 g/mol. The average Bonchev–Trinajstić information content (AvgIpc) is 2.95. The summed E-state index contributed by atoms with van der Waals surface area (Å²) >= 11 is 25.2. The van der Waals surface area contributed by atoms with Gasteiger partial charge in [-0.1, -0.05) is 90.9 Å². The van der Waals surface area contributed by atoms with Crippen molar-refractivity contribution in [1.29, 1.82) is 0 Å². The molecule has 41 heavy (non-hydrogen) atoms. The molecule has 3 aromatic rings. The number of benzene rings is 3. The summed E-state index contributed by atoms with van der Waals surface area (Å²) in [5.74, 6) is -0.992. The molecule has 7 nitrogen and oxygen atoms in total. The van der Waals surface area contributed by atoms with Gasteiger partial charge in [-0.05, 0) is 55.3 Å². The Morgan fingerprint density at radius 3 is 2.10 bits per heavy atom. The number of halogens is 4. The molecule has 0 radical (unpaired) electrons. The van der Waals surface area contributed by atoms with Crippen LogP contribution in [-0.4, -0.2) is 44.3 Å². The second-order valence-electron chi connectivity index (χ2n) is 9.21.